The van der Waals surface area contributed by atoms with Crippen molar-refractivity contribution < 1.29 is 4.39 Å². The van der Waals surface area contributed by atoms with Crippen LogP contribution >= 0.6 is 0 Å². The molecule has 1 atom stereocenters. The molecule has 1 heterocycles. The van der Waals surface area contributed by atoms with E-state index in [1.165, 1.54) is 6.07 Å². The Morgan fingerprint density at radius 1 is 1.17 bits per heavy atom. The normalized spacial score (nSPS) is 12.4. The van der Waals surface area contributed by atoms with Gasteiger partial charge in [0, 0.05) is 17.5 Å². The van der Waals surface area contributed by atoms with Crippen LogP contribution in [0.3, 0.4) is 0 Å². The molecule has 2 aromatic rings. The van der Waals surface area contributed by atoms with Gasteiger partial charge in [-0.1, -0.05) is 17.7 Å². The highest BCUT2D eigenvalue weighted by Gasteiger charge is 2.16. The number of nitrogens with zero attached hydrogens (tertiary/aromatic N) is 1. The second kappa shape index (κ2) is 5.27. The summed E-state index contributed by atoms with van der Waals surface area (Å²) < 4.78 is 13.9. The molecule has 0 aliphatic carbocycles. The second-order valence-electron chi connectivity index (χ2n) is 4.48. The van der Waals surface area contributed by atoms with Crippen LogP contribution in [0.15, 0.2) is 36.5 Å². The van der Waals surface area contributed by atoms with Crippen molar-refractivity contribution >= 4 is 0 Å². The van der Waals surface area contributed by atoms with Gasteiger partial charge in [0.05, 0.1) is 6.04 Å². The third kappa shape index (κ3) is 2.57. The first-order valence-corrected chi connectivity index (χ1v) is 5.97. The lowest BCUT2D eigenvalue weighted by Crippen LogP contribution is -2.19. The highest BCUT2D eigenvalue weighted by atomic mass is 19.1. The molecule has 0 amide bonds. The molecule has 0 aliphatic heterocycles. The van der Waals surface area contributed by atoms with Crippen molar-refractivity contribution in [2.75, 3.05) is 7.05 Å². The van der Waals surface area contributed by atoms with Gasteiger partial charge >= 0.3 is 0 Å². The largest absolute Gasteiger partial charge is 0.309 e. The molecule has 1 N–H and O–H groups in total. The number of aromatic nitrogens is 1. The van der Waals surface area contributed by atoms with Crippen LogP contribution in [0.2, 0.25) is 0 Å². The number of rotatable bonds is 3. The fourth-order valence-electron chi connectivity index (χ4n) is 2.13. The number of benzene rings is 1. The summed E-state index contributed by atoms with van der Waals surface area (Å²) in [5.74, 6) is -0.186. The van der Waals surface area contributed by atoms with Gasteiger partial charge < -0.3 is 5.32 Å². The fraction of sp³-hybridized carbons (Fsp3) is 0.267. The van der Waals surface area contributed by atoms with E-state index < -0.39 is 0 Å². The van der Waals surface area contributed by atoms with Crippen molar-refractivity contribution in [3.05, 3.63) is 64.7 Å². The topological polar surface area (TPSA) is 24.9 Å². The molecule has 1 aromatic carbocycles. The summed E-state index contributed by atoms with van der Waals surface area (Å²) in [6.07, 6.45) is 1.75. The zero-order chi connectivity index (χ0) is 13.1. The Labute approximate surface area is 107 Å². The molecule has 3 heteroatoms. The van der Waals surface area contributed by atoms with Crippen molar-refractivity contribution in [2.45, 2.75) is 19.9 Å². The molecule has 2 rings (SSSR count). The molecule has 0 saturated carbocycles. The van der Waals surface area contributed by atoms with E-state index in [4.69, 9.17) is 0 Å². The first-order chi connectivity index (χ1) is 8.61. The average Bonchev–Trinajstić information content (AvgIpc) is 2.35. The molecule has 0 aliphatic rings. The van der Waals surface area contributed by atoms with E-state index in [0.29, 0.717) is 5.56 Å². The summed E-state index contributed by atoms with van der Waals surface area (Å²) in [7, 11) is 1.84. The summed E-state index contributed by atoms with van der Waals surface area (Å²) in [5.41, 5.74) is 3.68. The van der Waals surface area contributed by atoms with Crippen molar-refractivity contribution in [1.82, 2.24) is 10.3 Å². The van der Waals surface area contributed by atoms with Crippen molar-refractivity contribution in [3.8, 4) is 0 Å². The lowest BCUT2D eigenvalue weighted by atomic mass is 9.97. The summed E-state index contributed by atoms with van der Waals surface area (Å²) in [4.78, 5) is 4.17. The molecule has 1 unspecified atom stereocenters. The molecular formula is C15H17FN2. The molecule has 0 radical (unpaired) electrons. The summed E-state index contributed by atoms with van der Waals surface area (Å²) in [6, 6.07) is 8.92. The lowest BCUT2D eigenvalue weighted by Gasteiger charge is -2.18. The maximum Gasteiger partial charge on any atom is 0.128 e. The molecular weight excluding hydrogens is 227 g/mol. The monoisotopic (exact) mass is 244 g/mol. The zero-order valence-electron chi connectivity index (χ0n) is 10.9. The van der Waals surface area contributed by atoms with E-state index in [0.717, 1.165) is 16.8 Å². The number of hydrogen-bond donors (Lipinski definition) is 1. The Hall–Kier alpha value is -1.74. The molecule has 1 aromatic heterocycles. The van der Waals surface area contributed by atoms with Crippen molar-refractivity contribution in [3.63, 3.8) is 0 Å². The summed E-state index contributed by atoms with van der Waals surface area (Å²) in [5, 5.41) is 3.16. The van der Waals surface area contributed by atoms with Gasteiger partial charge in [-0.2, -0.15) is 0 Å². The molecule has 18 heavy (non-hydrogen) atoms. The minimum atomic E-state index is -0.186. The Morgan fingerprint density at radius 2 is 1.94 bits per heavy atom. The average molecular weight is 244 g/mol. The number of aryl methyl sites for hydroxylation is 2. The minimum absolute atomic E-state index is 0.147. The number of halogens is 1. The SMILES string of the molecule is CNC(c1ccnc(C)c1)c1cc(C)ccc1F. The minimum Gasteiger partial charge on any atom is -0.309 e. The van der Waals surface area contributed by atoms with E-state index in [2.05, 4.69) is 10.3 Å². The van der Waals surface area contributed by atoms with Crippen LogP contribution in [0.1, 0.15) is 28.4 Å². The third-order valence-electron chi connectivity index (χ3n) is 3.01. The Morgan fingerprint density at radius 3 is 2.61 bits per heavy atom. The van der Waals surface area contributed by atoms with Gasteiger partial charge in [0.25, 0.3) is 0 Å². The van der Waals surface area contributed by atoms with E-state index in [-0.39, 0.29) is 11.9 Å². The maximum atomic E-state index is 13.9. The lowest BCUT2D eigenvalue weighted by molar-refractivity contribution is 0.575. The van der Waals surface area contributed by atoms with Crippen molar-refractivity contribution in [2.24, 2.45) is 0 Å². The maximum absolute atomic E-state index is 13.9. The molecule has 2 nitrogen and oxygen atoms in total. The fourth-order valence-corrected chi connectivity index (χ4v) is 2.13. The van der Waals surface area contributed by atoms with Crippen LogP contribution in [-0.2, 0) is 0 Å². The van der Waals surface area contributed by atoms with Crippen LogP contribution in [0.5, 0.6) is 0 Å². The highest BCUT2D eigenvalue weighted by molar-refractivity contribution is 5.35. The zero-order valence-corrected chi connectivity index (χ0v) is 10.9. The van der Waals surface area contributed by atoms with Crippen LogP contribution in [-0.4, -0.2) is 12.0 Å². The van der Waals surface area contributed by atoms with Gasteiger partial charge in [-0.15, -0.1) is 0 Å². The molecule has 94 valence electrons. The second-order valence-corrected chi connectivity index (χ2v) is 4.48. The van der Waals surface area contributed by atoms with Crippen molar-refractivity contribution in [1.29, 1.82) is 0 Å². The van der Waals surface area contributed by atoms with Gasteiger partial charge in [0.1, 0.15) is 5.82 Å². The van der Waals surface area contributed by atoms with Gasteiger partial charge in [-0.3, -0.25) is 4.98 Å². The number of pyridine rings is 1. The Bertz CT molecular complexity index is 552. The van der Waals surface area contributed by atoms with Gasteiger partial charge in [0.2, 0.25) is 0 Å². The highest BCUT2D eigenvalue weighted by Crippen LogP contribution is 2.25. The molecule has 0 spiro atoms. The van der Waals surface area contributed by atoms with Crippen LogP contribution in [0.4, 0.5) is 4.39 Å². The first kappa shape index (κ1) is 12.7. The van der Waals surface area contributed by atoms with Gasteiger partial charge in [0.15, 0.2) is 0 Å². The summed E-state index contributed by atoms with van der Waals surface area (Å²) in [6.45, 7) is 3.90. The Balaban J connectivity index is 2.48. The smallest absolute Gasteiger partial charge is 0.128 e. The van der Waals surface area contributed by atoms with E-state index in [1.54, 1.807) is 12.3 Å². The summed E-state index contributed by atoms with van der Waals surface area (Å²) >= 11 is 0. The standard InChI is InChI=1S/C15H17FN2/c1-10-4-5-14(16)13(8-10)15(17-3)12-6-7-18-11(2)9-12/h4-9,15,17H,1-3H3. The first-order valence-electron chi connectivity index (χ1n) is 5.97. The van der Waals surface area contributed by atoms with Gasteiger partial charge in [-0.05, 0) is 44.7 Å². The molecule has 0 saturated heterocycles. The van der Waals surface area contributed by atoms with Crippen LogP contribution in [0, 0.1) is 19.7 Å². The predicted octanol–water partition coefficient (Wildman–Crippen LogP) is 3.15. The van der Waals surface area contributed by atoms with Crippen LogP contribution in [0.25, 0.3) is 0 Å². The third-order valence-corrected chi connectivity index (χ3v) is 3.01. The number of hydrogen-bond acceptors (Lipinski definition) is 2. The number of nitrogens with one attached hydrogen (secondary N) is 1. The molecule has 0 fully saturated rings. The Kier molecular flexibility index (Phi) is 3.72. The van der Waals surface area contributed by atoms with E-state index in [9.17, 15) is 4.39 Å². The van der Waals surface area contributed by atoms with Gasteiger partial charge in [-0.25, -0.2) is 4.39 Å². The van der Waals surface area contributed by atoms with E-state index in [1.807, 2.05) is 39.1 Å². The van der Waals surface area contributed by atoms with E-state index >= 15 is 0 Å². The quantitative estimate of drug-likeness (QED) is 0.897. The predicted molar refractivity (Wildman–Crippen MR) is 71.0 cm³/mol. The van der Waals surface area contributed by atoms with Crippen LogP contribution < -0.4 is 5.32 Å². The molecule has 0 bridgehead atoms.